The minimum Gasteiger partial charge on any atom is -0.477 e. The number of carbonyl (C=O) groups is 1. The SMILES string of the molecule is O=C(O)c1cc(Oc2cc(F)cc(Br)c2)ccn1. The van der Waals surface area contributed by atoms with E-state index in [1.807, 2.05) is 0 Å². The molecular formula is C12H7BrFNO3. The maximum Gasteiger partial charge on any atom is 0.354 e. The Morgan fingerprint density at radius 1 is 1.28 bits per heavy atom. The Morgan fingerprint density at radius 2 is 2.06 bits per heavy atom. The van der Waals surface area contributed by atoms with Crippen LogP contribution in [-0.4, -0.2) is 16.1 Å². The van der Waals surface area contributed by atoms with Gasteiger partial charge in [-0.1, -0.05) is 15.9 Å². The van der Waals surface area contributed by atoms with E-state index >= 15 is 0 Å². The van der Waals surface area contributed by atoms with Crippen molar-refractivity contribution >= 4 is 21.9 Å². The summed E-state index contributed by atoms with van der Waals surface area (Å²) >= 11 is 3.14. The molecule has 1 heterocycles. The van der Waals surface area contributed by atoms with E-state index in [4.69, 9.17) is 9.84 Å². The van der Waals surface area contributed by atoms with Gasteiger partial charge in [0.25, 0.3) is 0 Å². The average molecular weight is 312 g/mol. The molecule has 2 aromatic rings. The summed E-state index contributed by atoms with van der Waals surface area (Å²) in [7, 11) is 0. The second-order valence-corrected chi connectivity index (χ2v) is 4.30. The molecule has 0 amide bonds. The number of hydrogen-bond donors (Lipinski definition) is 1. The molecule has 0 atom stereocenters. The highest BCUT2D eigenvalue weighted by Crippen LogP contribution is 2.25. The largest absolute Gasteiger partial charge is 0.477 e. The Balaban J connectivity index is 2.28. The Labute approximate surface area is 110 Å². The maximum absolute atomic E-state index is 13.1. The first-order chi connectivity index (χ1) is 8.54. The first kappa shape index (κ1) is 12.5. The van der Waals surface area contributed by atoms with Crippen molar-refractivity contribution in [3.05, 3.63) is 52.5 Å². The minimum atomic E-state index is -1.15. The highest BCUT2D eigenvalue weighted by atomic mass is 79.9. The zero-order valence-corrected chi connectivity index (χ0v) is 10.5. The van der Waals surface area contributed by atoms with Crippen molar-refractivity contribution < 1.29 is 19.0 Å². The van der Waals surface area contributed by atoms with Crippen molar-refractivity contribution in [1.82, 2.24) is 4.98 Å². The number of halogens is 2. The second kappa shape index (κ2) is 5.14. The zero-order chi connectivity index (χ0) is 13.1. The number of hydrogen-bond acceptors (Lipinski definition) is 3. The van der Waals surface area contributed by atoms with Gasteiger partial charge in [0, 0.05) is 22.8 Å². The summed E-state index contributed by atoms with van der Waals surface area (Å²) < 4.78 is 19.0. The molecule has 4 nitrogen and oxygen atoms in total. The van der Waals surface area contributed by atoms with Crippen molar-refractivity contribution in [3.63, 3.8) is 0 Å². The Hall–Kier alpha value is -1.95. The number of carboxylic acid groups (broad SMARTS) is 1. The van der Waals surface area contributed by atoms with E-state index in [1.165, 1.54) is 30.5 Å². The van der Waals surface area contributed by atoms with Crippen molar-refractivity contribution in [2.24, 2.45) is 0 Å². The lowest BCUT2D eigenvalue weighted by molar-refractivity contribution is 0.0690. The maximum atomic E-state index is 13.1. The number of ether oxygens (including phenoxy) is 1. The number of aromatic nitrogens is 1. The smallest absolute Gasteiger partial charge is 0.354 e. The van der Waals surface area contributed by atoms with Crippen molar-refractivity contribution in [2.75, 3.05) is 0 Å². The minimum absolute atomic E-state index is 0.136. The monoisotopic (exact) mass is 311 g/mol. The standard InChI is InChI=1S/C12H7BrFNO3/c13-7-3-8(14)5-10(4-7)18-9-1-2-15-11(6-9)12(16)17/h1-6H,(H,16,17). The van der Waals surface area contributed by atoms with Gasteiger partial charge in [0.1, 0.15) is 17.3 Å². The van der Waals surface area contributed by atoms with E-state index < -0.39 is 11.8 Å². The van der Waals surface area contributed by atoms with Gasteiger partial charge < -0.3 is 9.84 Å². The third-order valence-electron chi connectivity index (χ3n) is 2.02. The van der Waals surface area contributed by atoms with Gasteiger partial charge >= 0.3 is 5.97 Å². The van der Waals surface area contributed by atoms with Crippen LogP contribution in [0, 0.1) is 5.82 Å². The van der Waals surface area contributed by atoms with E-state index in [1.54, 1.807) is 6.07 Å². The van der Waals surface area contributed by atoms with Gasteiger partial charge in [0.05, 0.1) is 0 Å². The van der Waals surface area contributed by atoms with Crippen LogP contribution in [0.3, 0.4) is 0 Å². The second-order valence-electron chi connectivity index (χ2n) is 3.39. The van der Waals surface area contributed by atoms with Gasteiger partial charge in [0.15, 0.2) is 5.69 Å². The van der Waals surface area contributed by atoms with Crippen LogP contribution in [0.15, 0.2) is 41.0 Å². The summed E-state index contributed by atoms with van der Waals surface area (Å²) in [6.45, 7) is 0. The lowest BCUT2D eigenvalue weighted by atomic mass is 10.3. The lowest BCUT2D eigenvalue weighted by Crippen LogP contribution is -1.99. The van der Waals surface area contributed by atoms with Crippen molar-refractivity contribution in [3.8, 4) is 11.5 Å². The predicted molar refractivity (Wildman–Crippen MR) is 65.4 cm³/mol. The van der Waals surface area contributed by atoms with Crippen LogP contribution in [0.4, 0.5) is 4.39 Å². The van der Waals surface area contributed by atoms with Crippen molar-refractivity contribution in [1.29, 1.82) is 0 Å². The third-order valence-corrected chi connectivity index (χ3v) is 2.48. The number of benzene rings is 1. The molecule has 0 aliphatic rings. The van der Waals surface area contributed by atoms with Gasteiger partial charge in [0.2, 0.25) is 0 Å². The summed E-state index contributed by atoms with van der Waals surface area (Å²) in [6, 6.07) is 6.82. The fourth-order valence-corrected chi connectivity index (χ4v) is 1.76. The van der Waals surface area contributed by atoms with Gasteiger partial charge in [-0.2, -0.15) is 0 Å². The van der Waals surface area contributed by atoms with Crippen LogP contribution >= 0.6 is 15.9 Å². The molecule has 1 aromatic carbocycles. The molecule has 0 saturated heterocycles. The zero-order valence-electron chi connectivity index (χ0n) is 8.93. The lowest BCUT2D eigenvalue weighted by Gasteiger charge is -2.06. The molecule has 1 N–H and O–H groups in total. The summed E-state index contributed by atoms with van der Waals surface area (Å²) in [5.74, 6) is -1.06. The number of pyridine rings is 1. The molecule has 1 aromatic heterocycles. The van der Waals surface area contributed by atoms with Crippen LogP contribution in [-0.2, 0) is 0 Å². The van der Waals surface area contributed by atoms with Crippen LogP contribution in [0.1, 0.15) is 10.5 Å². The van der Waals surface area contributed by atoms with Gasteiger partial charge in [-0.15, -0.1) is 0 Å². The molecule has 0 fully saturated rings. The van der Waals surface area contributed by atoms with Crippen LogP contribution in [0.2, 0.25) is 0 Å². The molecule has 0 unspecified atom stereocenters. The van der Waals surface area contributed by atoms with Gasteiger partial charge in [-0.25, -0.2) is 14.2 Å². The first-order valence-corrected chi connectivity index (χ1v) is 5.67. The molecule has 0 saturated carbocycles. The molecule has 18 heavy (non-hydrogen) atoms. The molecule has 0 spiro atoms. The van der Waals surface area contributed by atoms with Gasteiger partial charge in [-0.3, -0.25) is 0 Å². The molecule has 0 radical (unpaired) electrons. The fourth-order valence-electron chi connectivity index (χ4n) is 1.32. The molecule has 0 aliphatic carbocycles. The van der Waals surface area contributed by atoms with E-state index in [-0.39, 0.29) is 17.2 Å². The fraction of sp³-hybridized carbons (Fsp3) is 0. The summed E-state index contributed by atoms with van der Waals surface area (Å²) in [4.78, 5) is 14.4. The molecule has 92 valence electrons. The third kappa shape index (κ3) is 3.04. The number of rotatable bonds is 3. The Bertz CT molecular complexity index is 583. The van der Waals surface area contributed by atoms with Crippen LogP contribution < -0.4 is 4.74 Å². The molecule has 0 bridgehead atoms. The van der Waals surface area contributed by atoms with E-state index in [0.717, 1.165) is 0 Å². The quantitative estimate of drug-likeness (QED) is 0.943. The van der Waals surface area contributed by atoms with Gasteiger partial charge in [-0.05, 0) is 18.2 Å². The number of nitrogens with zero attached hydrogens (tertiary/aromatic N) is 1. The number of carboxylic acids is 1. The molecule has 0 aliphatic heterocycles. The predicted octanol–water partition coefficient (Wildman–Crippen LogP) is 3.47. The first-order valence-electron chi connectivity index (χ1n) is 4.88. The summed E-state index contributed by atoms with van der Waals surface area (Å²) in [5, 5.41) is 8.78. The Kier molecular flexibility index (Phi) is 3.57. The van der Waals surface area contributed by atoms with Crippen LogP contribution in [0.25, 0.3) is 0 Å². The normalized spacial score (nSPS) is 10.1. The number of aromatic carboxylic acids is 1. The highest BCUT2D eigenvalue weighted by molar-refractivity contribution is 9.10. The average Bonchev–Trinajstić information content (AvgIpc) is 2.27. The van der Waals surface area contributed by atoms with E-state index in [9.17, 15) is 9.18 Å². The molecule has 6 heteroatoms. The summed E-state index contributed by atoms with van der Waals surface area (Å²) in [6.07, 6.45) is 1.31. The molecular weight excluding hydrogens is 305 g/mol. The van der Waals surface area contributed by atoms with Crippen LogP contribution in [0.5, 0.6) is 11.5 Å². The van der Waals surface area contributed by atoms with E-state index in [0.29, 0.717) is 4.47 Å². The highest BCUT2D eigenvalue weighted by Gasteiger charge is 2.07. The van der Waals surface area contributed by atoms with E-state index in [2.05, 4.69) is 20.9 Å². The summed E-state index contributed by atoms with van der Waals surface area (Å²) in [5.41, 5.74) is -0.136. The van der Waals surface area contributed by atoms with Crippen molar-refractivity contribution in [2.45, 2.75) is 0 Å². The molecule has 2 rings (SSSR count). The topological polar surface area (TPSA) is 59.4 Å². The Morgan fingerprint density at radius 3 is 2.72 bits per heavy atom.